The summed E-state index contributed by atoms with van der Waals surface area (Å²) >= 11 is 0. The van der Waals surface area contributed by atoms with Crippen LogP contribution in [-0.2, 0) is 4.74 Å². The summed E-state index contributed by atoms with van der Waals surface area (Å²) in [4.78, 5) is 0. The Morgan fingerprint density at radius 1 is 1.54 bits per heavy atom. The van der Waals surface area contributed by atoms with Crippen LogP contribution in [0.3, 0.4) is 0 Å². The predicted octanol–water partition coefficient (Wildman–Crippen LogP) is 2.01. The zero-order valence-corrected chi connectivity index (χ0v) is 8.34. The predicted molar refractivity (Wildman–Crippen MR) is 55.5 cm³/mol. The second-order valence-electron chi connectivity index (χ2n) is 3.27. The van der Waals surface area contributed by atoms with Gasteiger partial charge in [0, 0.05) is 5.70 Å². The summed E-state index contributed by atoms with van der Waals surface area (Å²) in [6, 6.07) is 0.466. The first-order chi connectivity index (χ1) is 6.24. The lowest BCUT2D eigenvalue weighted by atomic mass is 10.2. The van der Waals surface area contributed by atoms with Gasteiger partial charge in [-0.1, -0.05) is 18.7 Å². The molecule has 1 aliphatic rings. The van der Waals surface area contributed by atoms with E-state index in [-0.39, 0.29) is 0 Å². The lowest BCUT2D eigenvalue weighted by Gasteiger charge is -2.29. The van der Waals surface area contributed by atoms with Crippen LogP contribution >= 0.6 is 0 Å². The van der Waals surface area contributed by atoms with Gasteiger partial charge in [-0.2, -0.15) is 0 Å². The highest BCUT2D eigenvalue weighted by molar-refractivity contribution is 5.29. The summed E-state index contributed by atoms with van der Waals surface area (Å²) in [5.74, 6) is 0. The van der Waals surface area contributed by atoms with Crippen LogP contribution in [0.15, 0.2) is 36.1 Å². The number of allylic oxidation sites excluding steroid dienone is 4. The molecule has 72 valence electrons. The highest BCUT2D eigenvalue weighted by Gasteiger charge is 2.18. The summed E-state index contributed by atoms with van der Waals surface area (Å²) in [7, 11) is 0. The lowest BCUT2D eigenvalue weighted by Crippen LogP contribution is -2.45. The molecule has 0 radical (unpaired) electrons. The van der Waals surface area contributed by atoms with Crippen LogP contribution in [0.1, 0.15) is 13.8 Å². The van der Waals surface area contributed by atoms with Crippen LogP contribution in [0.2, 0.25) is 0 Å². The van der Waals surface area contributed by atoms with Gasteiger partial charge in [0.05, 0.1) is 19.3 Å². The van der Waals surface area contributed by atoms with Crippen LogP contribution in [-0.4, -0.2) is 19.3 Å². The van der Waals surface area contributed by atoms with Crippen molar-refractivity contribution in [1.29, 1.82) is 0 Å². The van der Waals surface area contributed by atoms with Gasteiger partial charge in [0.1, 0.15) is 0 Å². The van der Waals surface area contributed by atoms with E-state index in [1.54, 1.807) is 0 Å². The third-order valence-corrected chi connectivity index (χ3v) is 1.91. The van der Waals surface area contributed by atoms with Crippen LogP contribution < -0.4 is 5.32 Å². The number of hydrogen-bond donors (Lipinski definition) is 1. The average Bonchev–Trinajstić information content (AvgIpc) is 2.01. The van der Waals surface area contributed by atoms with Gasteiger partial charge in [-0.25, -0.2) is 0 Å². The Kier molecular flexibility index (Phi) is 3.77. The van der Waals surface area contributed by atoms with Gasteiger partial charge in [-0.05, 0) is 25.5 Å². The number of ether oxygens (including phenoxy) is 1. The van der Waals surface area contributed by atoms with E-state index in [4.69, 9.17) is 4.74 Å². The van der Waals surface area contributed by atoms with E-state index >= 15 is 0 Å². The number of rotatable bonds is 4. The van der Waals surface area contributed by atoms with Crippen molar-refractivity contribution < 1.29 is 4.74 Å². The zero-order chi connectivity index (χ0) is 9.68. The minimum Gasteiger partial charge on any atom is -0.377 e. The Hall–Kier alpha value is -1.02. The van der Waals surface area contributed by atoms with Gasteiger partial charge < -0.3 is 10.1 Å². The van der Waals surface area contributed by atoms with Crippen LogP contribution in [0.5, 0.6) is 0 Å². The molecule has 2 heteroatoms. The average molecular weight is 179 g/mol. The second-order valence-corrected chi connectivity index (χ2v) is 3.27. The van der Waals surface area contributed by atoms with Crippen molar-refractivity contribution in [2.24, 2.45) is 0 Å². The molecule has 13 heavy (non-hydrogen) atoms. The van der Waals surface area contributed by atoms with Crippen LogP contribution in [0, 0.1) is 0 Å². The Labute approximate surface area is 80.0 Å². The Bertz CT molecular complexity index is 236. The van der Waals surface area contributed by atoms with Crippen molar-refractivity contribution in [3.63, 3.8) is 0 Å². The topological polar surface area (TPSA) is 21.3 Å². The smallest absolute Gasteiger partial charge is 0.0728 e. The first-order valence-electron chi connectivity index (χ1n) is 4.57. The van der Waals surface area contributed by atoms with E-state index < -0.39 is 0 Å². The molecule has 1 heterocycles. The fourth-order valence-electron chi connectivity index (χ4n) is 1.04. The van der Waals surface area contributed by atoms with E-state index in [0.717, 1.165) is 24.5 Å². The Morgan fingerprint density at radius 3 is 2.62 bits per heavy atom. The molecule has 0 aromatic carbocycles. The minimum absolute atomic E-state index is 0.466. The van der Waals surface area contributed by atoms with Crippen LogP contribution in [0.4, 0.5) is 0 Å². The third kappa shape index (κ3) is 3.07. The maximum absolute atomic E-state index is 5.08. The van der Waals surface area contributed by atoms with E-state index in [0.29, 0.717) is 6.04 Å². The van der Waals surface area contributed by atoms with E-state index in [1.807, 2.05) is 32.1 Å². The van der Waals surface area contributed by atoms with Gasteiger partial charge in [-0.15, -0.1) is 0 Å². The molecule has 1 rings (SSSR count). The summed E-state index contributed by atoms with van der Waals surface area (Å²) in [6.45, 7) is 9.53. The molecule has 0 unspecified atom stereocenters. The normalized spacial score (nSPS) is 18.8. The van der Waals surface area contributed by atoms with Gasteiger partial charge in [-0.3, -0.25) is 0 Å². The summed E-state index contributed by atoms with van der Waals surface area (Å²) in [6.07, 6.45) is 6.05. The van der Waals surface area contributed by atoms with E-state index in [9.17, 15) is 0 Å². The standard InChI is InChI=1S/C11H17NO/c1-4-5-6-11(9(2)3)12-10-7-13-8-10/h4-6,10,12H,2,7-8H2,1,3H3/b5-4-,11-6+. The highest BCUT2D eigenvalue weighted by Crippen LogP contribution is 2.08. The van der Waals surface area contributed by atoms with Crippen molar-refractivity contribution in [2.45, 2.75) is 19.9 Å². The molecule has 2 nitrogen and oxygen atoms in total. The van der Waals surface area contributed by atoms with Crippen molar-refractivity contribution >= 4 is 0 Å². The van der Waals surface area contributed by atoms with Gasteiger partial charge in [0.25, 0.3) is 0 Å². The fourth-order valence-corrected chi connectivity index (χ4v) is 1.04. The molecule has 0 aromatic heterocycles. The molecule has 0 spiro atoms. The molecule has 0 aromatic rings. The van der Waals surface area contributed by atoms with Gasteiger partial charge in [0.2, 0.25) is 0 Å². The van der Waals surface area contributed by atoms with Crippen molar-refractivity contribution in [1.82, 2.24) is 5.32 Å². The molecule has 1 fully saturated rings. The third-order valence-electron chi connectivity index (χ3n) is 1.91. The van der Waals surface area contributed by atoms with Crippen molar-refractivity contribution in [2.75, 3.05) is 13.2 Å². The maximum atomic E-state index is 5.08. The molecular formula is C11H17NO. The molecule has 1 aliphatic heterocycles. The quantitative estimate of drug-likeness (QED) is 0.666. The monoisotopic (exact) mass is 179 g/mol. The van der Waals surface area contributed by atoms with E-state index in [1.165, 1.54) is 0 Å². The van der Waals surface area contributed by atoms with Crippen LogP contribution in [0.25, 0.3) is 0 Å². The zero-order valence-electron chi connectivity index (χ0n) is 8.34. The van der Waals surface area contributed by atoms with Gasteiger partial charge in [0.15, 0.2) is 0 Å². The largest absolute Gasteiger partial charge is 0.377 e. The van der Waals surface area contributed by atoms with Gasteiger partial charge >= 0.3 is 0 Å². The second kappa shape index (κ2) is 4.87. The summed E-state index contributed by atoms with van der Waals surface area (Å²) in [5.41, 5.74) is 2.16. The molecule has 1 saturated heterocycles. The molecule has 0 atom stereocenters. The SMILES string of the molecule is C=C(C)/C(=C\C=C/C)NC1COC1. The fraction of sp³-hybridized carbons (Fsp3) is 0.455. The highest BCUT2D eigenvalue weighted by atomic mass is 16.5. The summed E-state index contributed by atoms with van der Waals surface area (Å²) in [5, 5.41) is 3.37. The molecule has 0 saturated carbocycles. The maximum Gasteiger partial charge on any atom is 0.0728 e. The first kappa shape index (κ1) is 10.1. The molecule has 0 bridgehead atoms. The number of hydrogen-bond acceptors (Lipinski definition) is 2. The molecular weight excluding hydrogens is 162 g/mol. The molecule has 0 aliphatic carbocycles. The van der Waals surface area contributed by atoms with Crippen molar-refractivity contribution in [3.8, 4) is 0 Å². The first-order valence-corrected chi connectivity index (χ1v) is 4.57. The van der Waals surface area contributed by atoms with Crippen molar-refractivity contribution in [3.05, 3.63) is 36.1 Å². The minimum atomic E-state index is 0.466. The summed E-state index contributed by atoms with van der Waals surface area (Å²) < 4.78 is 5.08. The Balaban J connectivity index is 2.50. The molecule has 0 amide bonds. The molecule has 1 N–H and O–H groups in total. The van der Waals surface area contributed by atoms with E-state index in [2.05, 4.69) is 11.9 Å². The number of nitrogens with one attached hydrogen (secondary N) is 1. The lowest BCUT2D eigenvalue weighted by molar-refractivity contribution is -0.000452. The Morgan fingerprint density at radius 2 is 2.23 bits per heavy atom.